The van der Waals surface area contributed by atoms with Crippen molar-refractivity contribution in [3.8, 4) is 0 Å². The Bertz CT molecular complexity index is 583. The van der Waals surface area contributed by atoms with Gasteiger partial charge in [-0.3, -0.25) is 9.59 Å². The maximum atomic E-state index is 12.4. The van der Waals surface area contributed by atoms with Crippen LogP contribution in [0.15, 0.2) is 0 Å². The van der Waals surface area contributed by atoms with Crippen LogP contribution in [0.1, 0.15) is 65.2 Å². The topological polar surface area (TPSA) is 46.7 Å². The summed E-state index contributed by atoms with van der Waals surface area (Å²) >= 11 is 0. The van der Waals surface area contributed by atoms with Gasteiger partial charge in [-0.25, -0.2) is 0 Å². The van der Waals surface area contributed by atoms with Gasteiger partial charge in [-0.1, -0.05) is 13.8 Å². The number of epoxide rings is 1. The maximum absolute atomic E-state index is 12.4. The van der Waals surface area contributed by atoms with Gasteiger partial charge in [0.05, 0.1) is 6.10 Å². The Morgan fingerprint density at radius 3 is 2.68 bits per heavy atom. The first-order valence-electron chi connectivity index (χ1n) is 9.14. The van der Waals surface area contributed by atoms with E-state index in [9.17, 15) is 9.59 Å². The molecule has 3 heteroatoms. The van der Waals surface area contributed by atoms with Crippen molar-refractivity contribution in [3.05, 3.63) is 0 Å². The molecule has 0 bridgehead atoms. The van der Waals surface area contributed by atoms with Crippen molar-refractivity contribution in [1.29, 1.82) is 0 Å². The molecule has 5 rings (SSSR count). The van der Waals surface area contributed by atoms with Gasteiger partial charge in [0.2, 0.25) is 0 Å². The van der Waals surface area contributed by atoms with Crippen LogP contribution in [0.4, 0.5) is 0 Å². The molecule has 0 N–H and O–H groups in total. The minimum Gasteiger partial charge on any atom is -0.365 e. The first-order valence-corrected chi connectivity index (χ1v) is 9.14. The molecule has 1 saturated heterocycles. The van der Waals surface area contributed by atoms with Gasteiger partial charge >= 0.3 is 0 Å². The smallest absolute Gasteiger partial charge is 0.139 e. The third-order valence-electron chi connectivity index (χ3n) is 8.62. The third kappa shape index (κ3) is 1.35. The summed E-state index contributed by atoms with van der Waals surface area (Å²) in [4.78, 5) is 24.4. The van der Waals surface area contributed by atoms with Crippen LogP contribution in [-0.2, 0) is 14.3 Å². The molecular formula is C19H26O3. The maximum Gasteiger partial charge on any atom is 0.139 e. The highest BCUT2D eigenvalue weighted by molar-refractivity contribution is 5.87. The van der Waals surface area contributed by atoms with Crippen molar-refractivity contribution >= 4 is 11.6 Å². The average Bonchev–Trinajstić information content (AvgIpc) is 3.08. The lowest BCUT2D eigenvalue weighted by atomic mass is 9.45. The molecule has 0 aromatic rings. The van der Waals surface area contributed by atoms with E-state index < -0.39 is 0 Å². The lowest BCUT2D eigenvalue weighted by Gasteiger charge is -2.57. The average molecular weight is 302 g/mol. The van der Waals surface area contributed by atoms with Gasteiger partial charge in [0.1, 0.15) is 17.2 Å². The Balaban J connectivity index is 1.54. The fraction of sp³-hybridized carbons (Fsp3) is 0.895. The van der Waals surface area contributed by atoms with E-state index in [2.05, 4.69) is 13.8 Å². The number of carbonyl (C=O) groups excluding carboxylic acids is 2. The molecule has 5 fully saturated rings. The number of hydrogen-bond donors (Lipinski definition) is 0. The number of carbonyl (C=O) groups is 2. The molecular weight excluding hydrogens is 276 g/mol. The highest BCUT2D eigenvalue weighted by Gasteiger charge is 2.76. The predicted octanol–water partition coefficient (Wildman–Crippen LogP) is 3.30. The lowest BCUT2D eigenvalue weighted by Crippen LogP contribution is -2.58. The van der Waals surface area contributed by atoms with Crippen LogP contribution >= 0.6 is 0 Å². The quantitative estimate of drug-likeness (QED) is 0.645. The van der Waals surface area contributed by atoms with Crippen molar-refractivity contribution in [2.24, 2.45) is 28.6 Å². The van der Waals surface area contributed by atoms with Crippen LogP contribution in [0.3, 0.4) is 0 Å². The number of Topliss-reactive ketones (excluding diaryl/α,β-unsaturated/α-hetero) is 2. The first kappa shape index (κ1) is 13.7. The van der Waals surface area contributed by atoms with Crippen molar-refractivity contribution in [2.45, 2.75) is 76.9 Å². The fourth-order valence-electron chi connectivity index (χ4n) is 7.23. The minimum absolute atomic E-state index is 0.0586. The molecule has 4 saturated carbocycles. The molecule has 1 spiro atoms. The zero-order valence-corrected chi connectivity index (χ0v) is 13.7. The minimum atomic E-state index is -0.125. The molecule has 4 aliphatic carbocycles. The van der Waals surface area contributed by atoms with Gasteiger partial charge in [0.25, 0.3) is 0 Å². The standard InChI is InChI=1S/C19H26O3/c1-17-7-6-14-12(13(17)3-4-15(17)21)9-16-19(22-16)10-11(20)5-8-18(14,19)2/h12-14,16H,3-10H2,1-2H3/t12?,13?,14?,16-,17-,18+,19-/m0/s1. The molecule has 0 amide bonds. The second-order valence-electron chi connectivity index (χ2n) is 9.16. The molecule has 120 valence electrons. The molecule has 0 aromatic heterocycles. The van der Waals surface area contributed by atoms with E-state index in [4.69, 9.17) is 4.74 Å². The molecule has 3 unspecified atom stereocenters. The van der Waals surface area contributed by atoms with E-state index >= 15 is 0 Å². The Morgan fingerprint density at radius 2 is 1.86 bits per heavy atom. The fourth-order valence-corrected chi connectivity index (χ4v) is 7.23. The van der Waals surface area contributed by atoms with Crippen LogP contribution in [0.25, 0.3) is 0 Å². The number of ether oxygens (including phenoxy) is 1. The molecule has 7 atom stereocenters. The second kappa shape index (κ2) is 3.85. The lowest BCUT2D eigenvalue weighted by molar-refractivity contribution is -0.140. The Morgan fingerprint density at radius 1 is 1.05 bits per heavy atom. The predicted molar refractivity (Wildman–Crippen MR) is 81.2 cm³/mol. The first-order chi connectivity index (χ1) is 10.4. The zero-order chi connectivity index (χ0) is 15.3. The summed E-state index contributed by atoms with van der Waals surface area (Å²) in [6, 6.07) is 0. The van der Waals surface area contributed by atoms with Crippen molar-refractivity contribution in [3.63, 3.8) is 0 Å². The number of ketones is 2. The van der Waals surface area contributed by atoms with Gasteiger partial charge < -0.3 is 4.74 Å². The van der Waals surface area contributed by atoms with Crippen LogP contribution in [0, 0.1) is 28.6 Å². The van der Waals surface area contributed by atoms with E-state index in [0.29, 0.717) is 41.8 Å². The van der Waals surface area contributed by atoms with Crippen molar-refractivity contribution < 1.29 is 14.3 Å². The molecule has 22 heavy (non-hydrogen) atoms. The van der Waals surface area contributed by atoms with Gasteiger partial charge in [-0.2, -0.15) is 0 Å². The van der Waals surface area contributed by atoms with E-state index in [-0.39, 0.29) is 16.4 Å². The normalized spacial score (nSPS) is 59.4. The Labute approximate surface area is 132 Å². The number of fused-ring (bicyclic) bond motifs is 4. The van der Waals surface area contributed by atoms with Gasteiger partial charge in [-0.15, -0.1) is 0 Å². The summed E-state index contributed by atoms with van der Waals surface area (Å²) in [6.07, 6.45) is 7.87. The Kier molecular flexibility index (Phi) is 2.40. The zero-order valence-electron chi connectivity index (χ0n) is 13.7. The van der Waals surface area contributed by atoms with Crippen molar-refractivity contribution in [2.75, 3.05) is 0 Å². The number of rotatable bonds is 0. The summed E-state index contributed by atoms with van der Waals surface area (Å²) in [6.45, 7) is 4.63. The largest absolute Gasteiger partial charge is 0.365 e. The highest BCUT2D eigenvalue weighted by atomic mass is 16.6. The summed E-state index contributed by atoms with van der Waals surface area (Å²) in [7, 11) is 0. The molecule has 1 heterocycles. The summed E-state index contributed by atoms with van der Waals surface area (Å²) in [5, 5.41) is 0. The molecule has 5 aliphatic rings. The van der Waals surface area contributed by atoms with Crippen LogP contribution in [0.2, 0.25) is 0 Å². The summed E-state index contributed by atoms with van der Waals surface area (Å²) in [5.41, 5.74) is -0.0157. The van der Waals surface area contributed by atoms with Crippen molar-refractivity contribution in [1.82, 2.24) is 0 Å². The van der Waals surface area contributed by atoms with Gasteiger partial charge in [0.15, 0.2) is 0 Å². The van der Waals surface area contributed by atoms with E-state index in [0.717, 1.165) is 44.9 Å². The van der Waals surface area contributed by atoms with Crippen LogP contribution in [-0.4, -0.2) is 23.3 Å². The van der Waals surface area contributed by atoms with Gasteiger partial charge in [0, 0.05) is 30.1 Å². The summed E-state index contributed by atoms with van der Waals surface area (Å²) < 4.78 is 6.24. The molecule has 0 radical (unpaired) electrons. The van der Waals surface area contributed by atoms with E-state index in [1.807, 2.05) is 0 Å². The molecule has 0 aromatic carbocycles. The molecule has 1 aliphatic heterocycles. The highest BCUT2D eigenvalue weighted by Crippen LogP contribution is 2.72. The second-order valence-corrected chi connectivity index (χ2v) is 9.16. The van der Waals surface area contributed by atoms with E-state index in [1.54, 1.807) is 0 Å². The number of hydrogen-bond acceptors (Lipinski definition) is 3. The summed E-state index contributed by atoms with van der Waals surface area (Å²) in [5.74, 6) is 2.77. The third-order valence-corrected chi connectivity index (χ3v) is 8.62. The van der Waals surface area contributed by atoms with Crippen LogP contribution in [0.5, 0.6) is 0 Å². The molecule has 3 nitrogen and oxygen atoms in total. The van der Waals surface area contributed by atoms with Crippen LogP contribution < -0.4 is 0 Å². The van der Waals surface area contributed by atoms with Gasteiger partial charge in [-0.05, 0) is 49.9 Å². The Hall–Kier alpha value is -0.700. The monoisotopic (exact) mass is 302 g/mol. The SMILES string of the molecule is C[C@]12CCC3C(C[C@@H]4O[C@@]45CC(=O)CC[C@]35C)C1CCC2=O. The van der Waals surface area contributed by atoms with E-state index in [1.165, 1.54) is 0 Å².